The summed E-state index contributed by atoms with van der Waals surface area (Å²) in [7, 11) is 0. The van der Waals surface area contributed by atoms with Crippen LogP contribution in [0, 0.1) is 5.82 Å². The Morgan fingerprint density at radius 3 is 2.72 bits per heavy atom. The number of rotatable bonds is 4. The lowest BCUT2D eigenvalue weighted by Crippen LogP contribution is -2.46. The van der Waals surface area contributed by atoms with Crippen LogP contribution in [0.25, 0.3) is 0 Å². The average molecular weight is 275 g/mol. The average Bonchev–Trinajstić information content (AvgIpc) is 2.22. The van der Waals surface area contributed by atoms with E-state index in [1.165, 1.54) is 12.1 Å². The molecular weight excluding hydrogens is 259 g/mol. The Bertz CT molecular complexity index is 438. The number of urea groups is 1. The van der Waals surface area contributed by atoms with Crippen molar-refractivity contribution in [2.45, 2.75) is 25.8 Å². The van der Waals surface area contributed by atoms with Crippen molar-refractivity contribution in [2.75, 3.05) is 11.9 Å². The lowest BCUT2D eigenvalue weighted by atomic mass is 10.0. The van der Waals surface area contributed by atoms with E-state index in [0.29, 0.717) is 12.1 Å². The van der Waals surface area contributed by atoms with Crippen molar-refractivity contribution in [3.05, 3.63) is 29.0 Å². The fourth-order valence-electron chi connectivity index (χ4n) is 1.39. The molecule has 1 aromatic rings. The van der Waals surface area contributed by atoms with Crippen LogP contribution in [-0.2, 0) is 0 Å². The molecule has 0 atom stereocenters. The van der Waals surface area contributed by atoms with Gasteiger partial charge in [0.05, 0.1) is 5.02 Å². The second-order valence-corrected chi connectivity index (χ2v) is 4.97. The first-order valence-corrected chi connectivity index (χ1v) is 5.87. The smallest absolute Gasteiger partial charge is 0.319 e. The molecule has 0 unspecified atom stereocenters. The molecule has 0 aliphatic carbocycles. The third-order valence-corrected chi connectivity index (χ3v) is 2.67. The van der Waals surface area contributed by atoms with E-state index in [-0.39, 0.29) is 11.6 Å². The summed E-state index contributed by atoms with van der Waals surface area (Å²) in [6.07, 6.45) is 0.426. The molecule has 4 nitrogen and oxygen atoms in total. The van der Waals surface area contributed by atoms with Gasteiger partial charge in [0.1, 0.15) is 5.82 Å². The predicted octanol–water partition coefficient (Wildman–Crippen LogP) is 2.76. The van der Waals surface area contributed by atoms with Crippen molar-refractivity contribution < 1.29 is 14.3 Å². The van der Waals surface area contributed by atoms with Gasteiger partial charge in [0.15, 0.2) is 0 Å². The summed E-state index contributed by atoms with van der Waals surface area (Å²) in [5.41, 5.74) is -0.224. The van der Waals surface area contributed by atoms with Gasteiger partial charge in [-0.25, -0.2) is 9.18 Å². The molecule has 0 saturated heterocycles. The van der Waals surface area contributed by atoms with Crippen molar-refractivity contribution in [3.8, 4) is 0 Å². The zero-order valence-corrected chi connectivity index (χ0v) is 11.0. The summed E-state index contributed by atoms with van der Waals surface area (Å²) in [6, 6.07) is 3.55. The highest BCUT2D eigenvalue weighted by molar-refractivity contribution is 6.30. The Labute approximate surface area is 110 Å². The van der Waals surface area contributed by atoms with Gasteiger partial charge >= 0.3 is 6.03 Å². The Morgan fingerprint density at radius 2 is 2.17 bits per heavy atom. The third kappa shape index (κ3) is 4.50. The molecule has 2 amide bonds. The molecule has 0 radical (unpaired) electrons. The number of carbonyl (C=O) groups excluding carboxylic acids is 1. The van der Waals surface area contributed by atoms with Crippen LogP contribution in [0.1, 0.15) is 20.3 Å². The number of amides is 2. The minimum absolute atomic E-state index is 0.00145. The van der Waals surface area contributed by atoms with Crippen LogP contribution in [0.15, 0.2) is 18.2 Å². The number of nitrogens with one attached hydrogen (secondary N) is 2. The molecule has 1 aromatic carbocycles. The van der Waals surface area contributed by atoms with Gasteiger partial charge in [-0.3, -0.25) is 0 Å². The second kappa shape index (κ2) is 6.02. The number of hydrogen-bond donors (Lipinski definition) is 3. The van der Waals surface area contributed by atoms with Crippen molar-refractivity contribution in [3.63, 3.8) is 0 Å². The minimum atomic E-state index is -0.593. The van der Waals surface area contributed by atoms with Crippen LogP contribution in [0.2, 0.25) is 5.02 Å². The van der Waals surface area contributed by atoms with Gasteiger partial charge in [0.25, 0.3) is 0 Å². The summed E-state index contributed by atoms with van der Waals surface area (Å²) in [4.78, 5) is 11.6. The van der Waals surface area contributed by atoms with E-state index in [4.69, 9.17) is 16.7 Å². The number of aliphatic hydroxyl groups is 1. The molecule has 0 heterocycles. The monoisotopic (exact) mass is 274 g/mol. The van der Waals surface area contributed by atoms with E-state index in [1.54, 1.807) is 13.8 Å². The summed E-state index contributed by atoms with van der Waals surface area (Å²) < 4.78 is 13.2. The molecule has 0 aliphatic heterocycles. The number of anilines is 1. The number of carbonyl (C=O) groups is 1. The Balaban J connectivity index is 2.62. The maximum Gasteiger partial charge on any atom is 0.319 e. The fraction of sp³-hybridized carbons (Fsp3) is 0.417. The molecule has 0 bridgehead atoms. The summed E-state index contributed by atoms with van der Waals surface area (Å²) in [5, 5.41) is 14.0. The largest absolute Gasteiger partial charge is 0.396 e. The lowest BCUT2D eigenvalue weighted by Gasteiger charge is -2.25. The first-order valence-electron chi connectivity index (χ1n) is 5.49. The lowest BCUT2D eigenvalue weighted by molar-refractivity contribution is 0.218. The zero-order chi connectivity index (χ0) is 13.8. The molecular formula is C12H16ClFN2O2. The standard InChI is InChI=1S/C12H16ClFN2O2/c1-12(2,5-6-17)16-11(18)15-8-3-4-9(13)10(14)7-8/h3-4,7,17H,5-6H2,1-2H3,(H2,15,16,18). The molecule has 1 rings (SSSR count). The van der Waals surface area contributed by atoms with Crippen LogP contribution in [0.4, 0.5) is 14.9 Å². The van der Waals surface area contributed by atoms with Crippen LogP contribution < -0.4 is 10.6 Å². The topological polar surface area (TPSA) is 61.4 Å². The van der Waals surface area contributed by atoms with Crippen molar-refractivity contribution in [1.82, 2.24) is 5.32 Å². The van der Waals surface area contributed by atoms with Gasteiger partial charge in [0, 0.05) is 17.8 Å². The number of aliphatic hydroxyl groups excluding tert-OH is 1. The van der Waals surface area contributed by atoms with Crippen LogP contribution in [-0.4, -0.2) is 23.3 Å². The zero-order valence-electron chi connectivity index (χ0n) is 10.3. The summed E-state index contributed by atoms with van der Waals surface area (Å²) in [5.74, 6) is -0.593. The van der Waals surface area contributed by atoms with Gasteiger partial charge in [-0.05, 0) is 38.5 Å². The molecule has 0 aromatic heterocycles. The number of halogens is 2. The van der Waals surface area contributed by atoms with Crippen molar-refractivity contribution in [1.29, 1.82) is 0 Å². The molecule has 3 N–H and O–H groups in total. The van der Waals surface area contributed by atoms with E-state index in [0.717, 1.165) is 6.07 Å². The second-order valence-electron chi connectivity index (χ2n) is 4.57. The molecule has 100 valence electrons. The highest BCUT2D eigenvalue weighted by Gasteiger charge is 2.19. The van der Waals surface area contributed by atoms with Gasteiger partial charge in [-0.1, -0.05) is 11.6 Å². The highest BCUT2D eigenvalue weighted by Crippen LogP contribution is 2.18. The molecule has 0 aliphatic rings. The SMILES string of the molecule is CC(C)(CCO)NC(=O)Nc1ccc(Cl)c(F)c1. The number of benzene rings is 1. The quantitative estimate of drug-likeness (QED) is 0.791. The van der Waals surface area contributed by atoms with Gasteiger partial charge in [-0.2, -0.15) is 0 Å². The summed E-state index contributed by atoms with van der Waals surface area (Å²) in [6.45, 7) is 3.54. The molecule has 0 saturated carbocycles. The van der Waals surface area contributed by atoms with Gasteiger partial charge in [0.2, 0.25) is 0 Å². The normalized spacial score (nSPS) is 11.2. The van der Waals surface area contributed by atoms with E-state index < -0.39 is 17.4 Å². The van der Waals surface area contributed by atoms with Crippen molar-refractivity contribution in [2.24, 2.45) is 0 Å². The van der Waals surface area contributed by atoms with E-state index >= 15 is 0 Å². The number of hydrogen-bond acceptors (Lipinski definition) is 2. The molecule has 18 heavy (non-hydrogen) atoms. The van der Waals surface area contributed by atoms with Crippen LogP contribution >= 0.6 is 11.6 Å². The first-order chi connectivity index (χ1) is 8.34. The van der Waals surface area contributed by atoms with E-state index in [1.807, 2.05) is 0 Å². The van der Waals surface area contributed by atoms with Crippen LogP contribution in [0.3, 0.4) is 0 Å². The Morgan fingerprint density at radius 1 is 1.50 bits per heavy atom. The van der Waals surface area contributed by atoms with E-state index in [2.05, 4.69) is 10.6 Å². The minimum Gasteiger partial charge on any atom is -0.396 e. The van der Waals surface area contributed by atoms with Crippen LogP contribution in [0.5, 0.6) is 0 Å². The maximum atomic E-state index is 13.2. The third-order valence-electron chi connectivity index (χ3n) is 2.37. The highest BCUT2D eigenvalue weighted by atomic mass is 35.5. The molecule has 0 fully saturated rings. The first kappa shape index (κ1) is 14.7. The molecule has 0 spiro atoms. The predicted molar refractivity (Wildman–Crippen MR) is 69.3 cm³/mol. The Hall–Kier alpha value is -1.33. The molecule has 6 heteroatoms. The Kier molecular flexibility index (Phi) is 4.93. The van der Waals surface area contributed by atoms with Crippen molar-refractivity contribution >= 4 is 23.3 Å². The maximum absolute atomic E-state index is 13.2. The van der Waals surface area contributed by atoms with E-state index in [9.17, 15) is 9.18 Å². The van der Waals surface area contributed by atoms with Gasteiger partial charge < -0.3 is 15.7 Å². The fourth-order valence-corrected chi connectivity index (χ4v) is 1.50. The summed E-state index contributed by atoms with van der Waals surface area (Å²) >= 11 is 5.53. The van der Waals surface area contributed by atoms with Gasteiger partial charge in [-0.15, -0.1) is 0 Å².